The van der Waals surface area contributed by atoms with Crippen molar-refractivity contribution in [1.82, 2.24) is 20.6 Å². The Bertz CT molecular complexity index is 744. The van der Waals surface area contributed by atoms with Gasteiger partial charge in [0.05, 0.1) is 10.6 Å². The van der Waals surface area contributed by atoms with Gasteiger partial charge in [-0.15, -0.1) is 11.3 Å². The maximum atomic E-state index is 12.9. The molecule has 0 aliphatic rings. The molecule has 0 saturated carbocycles. The number of halogens is 3. The number of anilines is 1. The van der Waals surface area contributed by atoms with Crippen LogP contribution in [0.5, 0.6) is 0 Å². The van der Waals surface area contributed by atoms with Gasteiger partial charge in [-0.1, -0.05) is 0 Å². The highest BCUT2D eigenvalue weighted by Gasteiger charge is 2.33. The predicted molar refractivity (Wildman–Crippen MR) is 102 cm³/mol. The van der Waals surface area contributed by atoms with Gasteiger partial charge in [0.2, 0.25) is 0 Å². The summed E-state index contributed by atoms with van der Waals surface area (Å²) in [4.78, 5) is 13.7. The fraction of sp³-hybridized carbons (Fsp3) is 0.471. The molecule has 0 aliphatic heterocycles. The maximum Gasteiger partial charge on any atom is 0.419 e. The fourth-order valence-corrected chi connectivity index (χ4v) is 3.03. The van der Waals surface area contributed by atoms with Gasteiger partial charge in [0.1, 0.15) is 5.82 Å². The molecule has 10 heteroatoms. The molecule has 148 valence electrons. The van der Waals surface area contributed by atoms with Crippen molar-refractivity contribution in [2.75, 3.05) is 31.5 Å². The lowest BCUT2D eigenvalue weighted by atomic mass is 10.2. The Morgan fingerprint density at radius 2 is 2.04 bits per heavy atom. The van der Waals surface area contributed by atoms with E-state index in [1.807, 2.05) is 20.0 Å². The second kappa shape index (κ2) is 10.1. The number of hydrogen-bond donors (Lipinski definition) is 3. The minimum absolute atomic E-state index is 0.173. The number of nitrogens with one attached hydrogen (secondary N) is 3. The van der Waals surface area contributed by atoms with Gasteiger partial charge in [-0.3, -0.25) is 4.99 Å². The lowest BCUT2D eigenvalue weighted by molar-refractivity contribution is -0.137. The number of thiazole rings is 1. The van der Waals surface area contributed by atoms with Crippen LogP contribution in [0.1, 0.15) is 22.4 Å². The second-order valence-electron chi connectivity index (χ2n) is 5.63. The van der Waals surface area contributed by atoms with Gasteiger partial charge in [-0.25, -0.2) is 9.97 Å². The molecule has 0 aromatic carbocycles. The zero-order valence-corrected chi connectivity index (χ0v) is 16.0. The van der Waals surface area contributed by atoms with E-state index >= 15 is 0 Å². The van der Waals surface area contributed by atoms with Crippen LogP contribution < -0.4 is 16.0 Å². The summed E-state index contributed by atoms with van der Waals surface area (Å²) in [6, 6.07) is 2.28. The van der Waals surface area contributed by atoms with Gasteiger partial charge >= 0.3 is 6.18 Å². The molecule has 0 fully saturated rings. The van der Waals surface area contributed by atoms with Crippen molar-refractivity contribution in [1.29, 1.82) is 0 Å². The molecule has 0 saturated heterocycles. The fourth-order valence-electron chi connectivity index (χ4n) is 2.26. The number of aromatic nitrogens is 2. The van der Waals surface area contributed by atoms with E-state index < -0.39 is 11.7 Å². The summed E-state index contributed by atoms with van der Waals surface area (Å²) >= 11 is 1.65. The van der Waals surface area contributed by atoms with Crippen LogP contribution in [-0.4, -0.2) is 42.1 Å². The molecule has 0 spiro atoms. The van der Waals surface area contributed by atoms with E-state index in [-0.39, 0.29) is 12.4 Å². The quantitative estimate of drug-likeness (QED) is 0.361. The summed E-state index contributed by atoms with van der Waals surface area (Å²) in [5.41, 5.74) is -0.774. The van der Waals surface area contributed by atoms with Crippen molar-refractivity contribution in [3.63, 3.8) is 0 Å². The highest BCUT2D eigenvalue weighted by molar-refractivity contribution is 7.11. The summed E-state index contributed by atoms with van der Waals surface area (Å²) in [7, 11) is 0. The molecule has 0 aliphatic carbocycles. The Hall–Kier alpha value is -2.36. The van der Waals surface area contributed by atoms with Crippen molar-refractivity contribution >= 4 is 23.1 Å². The van der Waals surface area contributed by atoms with Gasteiger partial charge in [0.15, 0.2) is 5.96 Å². The van der Waals surface area contributed by atoms with Crippen LogP contribution in [-0.2, 0) is 12.6 Å². The second-order valence-corrected chi connectivity index (χ2v) is 6.95. The van der Waals surface area contributed by atoms with Crippen LogP contribution in [0.15, 0.2) is 29.5 Å². The third-order valence-corrected chi connectivity index (χ3v) is 4.40. The average Bonchev–Trinajstić information content (AvgIpc) is 3.03. The molecule has 27 heavy (non-hydrogen) atoms. The first kappa shape index (κ1) is 20.9. The predicted octanol–water partition coefficient (Wildman–Crippen LogP) is 3.08. The summed E-state index contributed by atoms with van der Waals surface area (Å²) in [5, 5.41) is 9.95. The lowest BCUT2D eigenvalue weighted by Gasteiger charge is -2.14. The molecule has 0 bridgehead atoms. The molecule has 0 unspecified atom stereocenters. The first-order valence-electron chi connectivity index (χ1n) is 8.59. The van der Waals surface area contributed by atoms with E-state index in [1.165, 1.54) is 12.3 Å². The van der Waals surface area contributed by atoms with E-state index in [9.17, 15) is 13.2 Å². The molecule has 2 heterocycles. The molecular weight excluding hydrogens is 377 g/mol. The van der Waals surface area contributed by atoms with Crippen LogP contribution >= 0.6 is 11.3 Å². The summed E-state index contributed by atoms with van der Waals surface area (Å²) in [5.74, 6) is 0.442. The number of rotatable bonds is 8. The highest BCUT2D eigenvalue weighted by atomic mass is 32.1. The summed E-state index contributed by atoms with van der Waals surface area (Å²) in [6.45, 7) is 5.90. The highest BCUT2D eigenvalue weighted by Crippen LogP contribution is 2.33. The Morgan fingerprint density at radius 1 is 1.22 bits per heavy atom. The first-order chi connectivity index (χ1) is 12.9. The van der Waals surface area contributed by atoms with Crippen LogP contribution in [0.2, 0.25) is 0 Å². The Labute approximate surface area is 160 Å². The maximum absolute atomic E-state index is 12.9. The minimum atomic E-state index is -4.44. The van der Waals surface area contributed by atoms with E-state index in [4.69, 9.17) is 0 Å². The van der Waals surface area contributed by atoms with Gasteiger partial charge in [-0.2, -0.15) is 13.2 Å². The SMILES string of the molecule is CCNC(=NCCc1ncc(C)s1)NCCNc1ncccc1C(F)(F)F. The van der Waals surface area contributed by atoms with Crippen LogP contribution in [0.25, 0.3) is 0 Å². The monoisotopic (exact) mass is 400 g/mol. The van der Waals surface area contributed by atoms with Crippen LogP contribution in [0, 0.1) is 6.92 Å². The zero-order valence-electron chi connectivity index (χ0n) is 15.2. The smallest absolute Gasteiger partial charge is 0.368 e. The number of aliphatic imine (C=N–C) groups is 1. The lowest BCUT2D eigenvalue weighted by Crippen LogP contribution is -2.39. The minimum Gasteiger partial charge on any atom is -0.368 e. The molecule has 0 amide bonds. The third-order valence-electron chi connectivity index (χ3n) is 3.43. The normalized spacial score (nSPS) is 12.1. The Kier molecular flexibility index (Phi) is 7.83. The summed E-state index contributed by atoms with van der Waals surface area (Å²) in [6.07, 6.45) is -0.521. The molecule has 2 rings (SSSR count). The van der Waals surface area contributed by atoms with Gasteiger partial charge in [0, 0.05) is 49.9 Å². The van der Waals surface area contributed by atoms with Crippen molar-refractivity contribution in [2.45, 2.75) is 26.4 Å². The Balaban J connectivity index is 1.81. The van der Waals surface area contributed by atoms with E-state index in [1.54, 1.807) is 11.3 Å². The summed E-state index contributed by atoms with van der Waals surface area (Å²) < 4.78 is 38.8. The van der Waals surface area contributed by atoms with E-state index in [0.29, 0.717) is 25.6 Å². The average molecular weight is 400 g/mol. The van der Waals surface area contributed by atoms with Crippen LogP contribution in [0.3, 0.4) is 0 Å². The van der Waals surface area contributed by atoms with E-state index in [0.717, 1.165) is 22.4 Å². The van der Waals surface area contributed by atoms with Gasteiger partial charge < -0.3 is 16.0 Å². The molecular formula is C17H23F3N6S. The number of pyridine rings is 1. The number of aryl methyl sites for hydroxylation is 1. The zero-order chi connectivity index (χ0) is 19.7. The van der Waals surface area contributed by atoms with E-state index in [2.05, 4.69) is 30.9 Å². The van der Waals surface area contributed by atoms with Crippen LogP contribution in [0.4, 0.5) is 19.0 Å². The topological polar surface area (TPSA) is 74.2 Å². The van der Waals surface area contributed by atoms with Crippen molar-refractivity contribution in [3.8, 4) is 0 Å². The van der Waals surface area contributed by atoms with Crippen molar-refractivity contribution in [3.05, 3.63) is 40.0 Å². The number of alkyl halides is 3. The van der Waals surface area contributed by atoms with Gasteiger partial charge in [-0.05, 0) is 26.0 Å². The molecule has 3 N–H and O–H groups in total. The number of hydrogen-bond acceptors (Lipinski definition) is 5. The number of guanidine groups is 1. The molecule has 6 nitrogen and oxygen atoms in total. The molecule has 2 aromatic heterocycles. The van der Waals surface area contributed by atoms with Crippen molar-refractivity contribution in [2.24, 2.45) is 4.99 Å². The Morgan fingerprint density at radius 3 is 2.70 bits per heavy atom. The standard InChI is InChI=1S/C17H23F3N6S/c1-3-21-16(24-8-6-14-26-11-12(2)27-14)25-10-9-23-15-13(17(18,19)20)5-4-7-22-15/h4-5,7,11H,3,6,8-10H2,1-2H3,(H,22,23)(H2,21,24,25). The molecule has 2 aromatic rings. The molecule has 0 atom stereocenters. The van der Waals surface area contributed by atoms with Crippen molar-refractivity contribution < 1.29 is 13.2 Å². The first-order valence-corrected chi connectivity index (χ1v) is 9.41. The third kappa shape index (κ3) is 7.05. The van der Waals surface area contributed by atoms with Gasteiger partial charge in [0.25, 0.3) is 0 Å². The largest absolute Gasteiger partial charge is 0.419 e. The number of nitrogens with zero attached hydrogens (tertiary/aromatic N) is 3. The molecule has 0 radical (unpaired) electrons.